The maximum absolute atomic E-state index is 14.1. The molecule has 0 saturated carbocycles. The predicted octanol–water partition coefficient (Wildman–Crippen LogP) is 4.54. The van der Waals surface area contributed by atoms with Crippen LogP contribution in [0.15, 0.2) is 77.7 Å². The van der Waals surface area contributed by atoms with E-state index in [2.05, 4.69) is 5.32 Å². The van der Waals surface area contributed by atoms with E-state index in [1.54, 1.807) is 68.6 Å². The van der Waals surface area contributed by atoms with Crippen LogP contribution in [-0.4, -0.2) is 58.0 Å². The van der Waals surface area contributed by atoms with Crippen LogP contribution in [0.1, 0.15) is 38.3 Å². The van der Waals surface area contributed by atoms with Gasteiger partial charge < -0.3 is 19.7 Å². The average Bonchev–Trinajstić information content (AvgIpc) is 2.96. The van der Waals surface area contributed by atoms with Crippen LogP contribution < -0.4 is 19.1 Å². The molecule has 0 aromatic heterocycles. The van der Waals surface area contributed by atoms with E-state index < -0.39 is 28.5 Å². The van der Waals surface area contributed by atoms with Gasteiger partial charge in [-0.15, -0.1) is 0 Å². The lowest BCUT2D eigenvalue weighted by atomic mass is 10.1. The highest BCUT2D eigenvalue weighted by Crippen LogP contribution is 2.27. The fourth-order valence-electron chi connectivity index (χ4n) is 4.42. The predicted molar refractivity (Wildman–Crippen MR) is 160 cm³/mol. The van der Waals surface area contributed by atoms with Crippen molar-refractivity contribution < 1.29 is 27.5 Å². The Hall–Kier alpha value is -4.05. The monoisotopic (exact) mass is 581 g/mol. The number of ether oxygens (including phenoxy) is 2. The quantitative estimate of drug-likeness (QED) is 0.300. The highest BCUT2D eigenvalue weighted by atomic mass is 32.2. The number of sulfonamides is 1. The number of hydrogen-bond donors (Lipinski definition) is 1. The number of hydrogen-bond acceptors (Lipinski definition) is 6. The zero-order valence-electron chi connectivity index (χ0n) is 24.3. The second-order valence-corrected chi connectivity index (χ2v) is 11.3. The van der Waals surface area contributed by atoms with Crippen molar-refractivity contribution in [1.82, 2.24) is 10.2 Å². The molecule has 220 valence electrons. The first-order chi connectivity index (χ1) is 19.6. The number of anilines is 1. The van der Waals surface area contributed by atoms with Gasteiger partial charge in [0.05, 0.1) is 24.3 Å². The van der Waals surface area contributed by atoms with E-state index in [0.29, 0.717) is 36.8 Å². The molecule has 9 nitrogen and oxygen atoms in total. The smallest absolute Gasteiger partial charge is 0.264 e. The first kappa shape index (κ1) is 31.5. The number of carbonyl (C=O) groups is 2. The third-order valence-corrected chi connectivity index (χ3v) is 8.34. The Kier molecular flexibility index (Phi) is 11.2. The van der Waals surface area contributed by atoms with Crippen molar-refractivity contribution in [3.05, 3.63) is 83.9 Å². The van der Waals surface area contributed by atoms with E-state index in [0.717, 1.165) is 15.4 Å². The van der Waals surface area contributed by atoms with Crippen LogP contribution >= 0.6 is 0 Å². The van der Waals surface area contributed by atoms with Gasteiger partial charge in [0.25, 0.3) is 10.0 Å². The van der Waals surface area contributed by atoms with Gasteiger partial charge in [-0.3, -0.25) is 13.9 Å². The van der Waals surface area contributed by atoms with Crippen LogP contribution in [0.25, 0.3) is 0 Å². The van der Waals surface area contributed by atoms with Crippen LogP contribution in [-0.2, 0) is 26.2 Å². The van der Waals surface area contributed by atoms with Gasteiger partial charge in [0.2, 0.25) is 11.8 Å². The normalized spacial score (nSPS) is 11.8. The van der Waals surface area contributed by atoms with Crippen molar-refractivity contribution in [1.29, 1.82) is 0 Å². The summed E-state index contributed by atoms with van der Waals surface area (Å²) in [5, 5.41) is 2.80. The van der Waals surface area contributed by atoms with Crippen molar-refractivity contribution in [2.45, 2.75) is 51.6 Å². The maximum atomic E-state index is 14.1. The molecule has 1 atom stereocenters. The second kappa shape index (κ2) is 14.5. The van der Waals surface area contributed by atoms with Crippen molar-refractivity contribution in [2.75, 3.05) is 31.1 Å². The molecule has 0 heterocycles. The van der Waals surface area contributed by atoms with Crippen molar-refractivity contribution in [3.63, 3.8) is 0 Å². The minimum Gasteiger partial charge on any atom is -0.497 e. The molecule has 0 spiro atoms. The largest absolute Gasteiger partial charge is 0.497 e. The molecule has 0 unspecified atom stereocenters. The Bertz CT molecular complexity index is 1410. The molecular weight excluding hydrogens is 542 g/mol. The maximum Gasteiger partial charge on any atom is 0.264 e. The van der Waals surface area contributed by atoms with Crippen LogP contribution in [0, 0.1) is 6.92 Å². The molecule has 1 N–H and O–H groups in total. The van der Waals surface area contributed by atoms with Crippen LogP contribution in [0.2, 0.25) is 0 Å². The Balaban J connectivity index is 2.06. The molecule has 2 amide bonds. The molecule has 10 heteroatoms. The number of amides is 2. The zero-order valence-corrected chi connectivity index (χ0v) is 25.1. The number of nitrogens with zero attached hydrogens (tertiary/aromatic N) is 2. The van der Waals surface area contributed by atoms with Crippen molar-refractivity contribution >= 4 is 27.5 Å². The average molecular weight is 582 g/mol. The Morgan fingerprint density at radius 1 is 0.927 bits per heavy atom. The van der Waals surface area contributed by atoms with Gasteiger partial charge >= 0.3 is 0 Å². The zero-order chi connectivity index (χ0) is 30.0. The summed E-state index contributed by atoms with van der Waals surface area (Å²) in [6.07, 6.45) is 0.343. The molecule has 41 heavy (non-hydrogen) atoms. The molecule has 0 radical (unpaired) electrons. The van der Waals surface area contributed by atoms with Crippen molar-refractivity contribution in [3.8, 4) is 11.5 Å². The van der Waals surface area contributed by atoms with Gasteiger partial charge in [-0.05, 0) is 81.3 Å². The van der Waals surface area contributed by atoms with Crippen LogP contribution in [0.5, 0.6) is 11.5 Å². The first-order valence-corrected chi connectivity index (χ1v) is 15.1. The van der Waals surface area contributed by atoms with E-state index in [1.807, 2.05) is 26.8 Å². The molecule has 0 aliphatic heterocycles. The Morgan fingerprint density at radius 3 is 2.20 bits per heavy atom. The number of likely N-dealkylation sites (N-methyl/N-ethyl adjacent to an activating group) is 1. The highest BCUT2D eigenvalue weighted by Gasteiger charge is 2.33. The third-order valence-electron chi connectivity index (χ3n) is 6.55. The van der Waals surface area contributed by atoms with E-state index >= 15 is 0 Å². The fraction of sp³-hybridized carbons (Fsp3) is 0.355. The van der Waals surface area contributed by atoms with E-state index in [4.69, 9.17) is 9.47 Å². The Morgan fingerprint density at radius 2 is 1.61 bits per heavy atom. The van der Waals surface area contributed by atoms with Gasteiger partial charge in [-0.1, -0.05) is 36.8 Å². The lowest BCUT2D eigenvalue weighted by Gasteiger charge is -2.33. The summed E-state index contributed by atoms with van der Waals surface area (Å²) in [5.41, 5.74) is 1.95. The number of rotatable bonds is 14. The minimum absolute atomic E-state index is 0.0555. The van der Waals surface area contributed by atoms with Gasteiger partial charge in [0.15, 0.2) is 0 Å². The second-order valence-electron chi connectivity index (χ2n) is 9.44. The molecule has 3 aromatic carbocycles. The molecule has 0 saturated heterocycles. The van der Waals surface area contributed by atoms with Crippen LogP contribution in [0.4, 0.5) is 5.69 Å². The topological polar surface area (TPSA) is 105 Å². The lowest BCUT2D eigenvalue weighted by molar-refractivity contribution is -0.140. The summed E-state index contributed by atoms with van der Waals surface area (Å²) >= 11 is 0. The summed E-state index contributed by atoms with van der Waals surface area (Å²) in [6.45, 7) is 7.79. The molecule has 0 fully saturated rings. The summed E-state index contributed by atoms with van der Waals surface area (Å²) in [6, 6.07) is 19.4. The van der Waals surface area contributed by atoms with E-state index in [-0.39, 0.29) is 17.3 Å². The molecule has 0 aliphatic carbocycles. The molecule has 3 rings (SSSR count). The standard InChI is InChI=1S/C31H39N3O6S/c1-6-29(31(36)32-7-2)33(21-24-10-9-11-27(20-24)39-5)30(35)22-34(25-14-16-26(17-15-25)40-8-3)41(37,38)28-18-12-23(4)13-19-28/h9-20,29H,6-8,21-22H2,1-5H3,(H,32,36)/t29-/m1/s1. The summed E-state index contributed by atoms with van der Waals surface area (Å²) in [4.78, 5) is 28.6. The van der Waals surface area contributed by atoms with Crippen molar-refractivity contribution in [2.24, 2.45) is 0 Å². The molecule has 3 aromatic rings. The van der Waals surface area contributed by atoms with Gasteiger partial charge in [-0.2, -0.15) is 0 Å². The number of carbonyl (C=O) groups excluding carboxylic acids is 2. The first-order valence-electron chi connectivity index (χ1n) is 13.7. The number of aryl methyl sites for hydroxylation is 1. The summed E-state index contributed by atoms with van der Waals surface area (Å²) in [5.74, 6) is 0.367. The summed E-state index contributed by atoms with van der Waals surface area (Å²) in [7, 11) is -2.59. The van der Waals surface area contributed by atoms with Gasteiger partial charge in [-0.25, -0.2) is 8.42 Å². The summed E-state index contributed by atoms with van der Waals surface area (Å²) < 4.78 is 39.9. The molecule has 0 bridgehead atoms. The number of nitrogens with one attached hydrogen (secondary N) is 1. The third kappa shape index (κ3) is 8.00. The van der Waals surface area contributed by atoms with E-state index in [9.17, 15) is 18.0 Å². The van der Waals surface area contributed by atoms with Gasteiger partial charge in [0.1, 0.15) is 24.1 Å². The van der Waals surface area contributed by atoms with Gasteiger partial charge in [0, 0.05) is 13.1 Å². The molecular formula is C31H39N3O6S. The minimum atomic E-state index is -4.15. The number of methoxy groups -OCH3 is 1. The van der Waals surface area contributed by atoms with E-state index in [1.165, 1.54) is 17.0 Å². The fourth-order valence-corrected chi connectivity index (χ4v) is 5.83. The van der Waals surface area contributed by atoms with Crippen LogP contribution in [0.3, 0.4) is 0 Å². The molecule has 0 aliphatic rings. The SMILES string of the molecule is CCNC(=O)[C@@H](CC)N(Cc1cccc(OC)c1)C(=O)CN(c1ccc(OCC)cc1)S(=O)(=O)c1ccc(C)cc1. The number of benzene rings is 3. The highest BCUT2D eigenvalue weighted by molar-refractivity contribution is 7.92. The lowest BCUT2D eigenvalue weighted by Crippen LogP contribution is -2.52. The Labute approximate surface area is 243 Å².